The van der Waals surface area contributed by atoms with E-state index in [4.69, 9.17) is 5.11 Å². The molecule has 0 aliphatic rings. The quantitative estimate of drug-likeness (QED) is 0.843. The number of carbonyl (C=O) groups is 1. The summed E-state index contributed by atoms with van der Waals surface area (Å²) in [5, 5.41) is 8.71. The van der Waals surface area contributed by atoms with Gasteiger partial charge in [-0.1, -0.05) is 12.1 Å². The van der Waals surface area contributed by atoms with Crippen LogP contribution in [0, 0.1) is 5.82 Å². The molecule has 0 radical (unpaired) electrons. The van der Waals surface area contributed by atoms with Crippen LogP contribution in [0.5, 0.6) is 0 Å². The highest BCUT2D eigenvalue weighted by atomic mass is 19.3. The second kappa shape index (κ2) is 4.82. The van der Waals surface area contributed by atoms with Gasteiger partial charge in [0.25, 0.3) is 0 Å². The highest BCUT2D eigenvalue weighted by Gasteiger charge is 2.24. The highest BCUT2D eigenvalue weighted by molar-refractivity contribution is 5.76. The zero-order valence-corrected chi connectivity index (χ0v) is 7.66. The van der Waals surface area contributed by atoms with E-state index in [1.54, 1.807) is 0 Å². The monoisotopic (exact) mass is 218 g/mol. The molecule has 0 spiro atoms. The average Bonchev–Trinajstić information content (AvgIpc) is 2.13. The smallest absolute Gasteiger partial charge is 0.311 e. The molecule has 0 saturated carbocycles. The van der Waals surface area contributed by atoms with Crippen molar-refractivity contribution in [2.75, 3.05) is 0 Å². The van der Waals surface area contributed by atoms with Gasteiger partial charge in [0.15, 0.2) is 0 Å². The maximum atomic E-state index is 12.7. The third-order valence-corrected chi connectivity index (χ3v) is 1.96. The van der Waals surface area contributed by atoms with Crippen molar-refractivity contribution in [3.63, 3.8) is 0 Å². The number of aliphatic carboxylic acids is 1. The van der Waals surface area contributed by atoms with Crippen LogP contribution >= 0.6 is 0 Å². The molecule has 0 aliphatic heterocycles. The first-order chi connectivity index (χ1) is 7.00. The van der Waals surface area contributed by atoms with Gasteiger partial charge in [0.1, 0.15) is 5.82 Å². The van der Waals surface area contributed by atoms with Crippen LogP contribution in [0.1, 0.15) is 17.9 Å². The Kier molecular flexibility index (Phi) is 3.71. The molecule has 15 heavy (non-hydrogen) atoms. The van der Waals surface area contributed by atoms with Gasteiger partial charge in [0.05, 0.1) is 5.92 Å². The van der Waals surface area contributed by atoms with E-state index in [0.717, 1.165) is 12.1 Å². The van der Waals surface area contributed by atoms with Crippen molar-refractivity contribution in [2.24, 2.45) is 0 Å². The van der Waals surface area contributed by atoms with Crippen LogP contribution in [-0.2, 0) is 4.79 Å². The van der Waals surface area contributed by atoms with Crippen LogP contribution < -0.4 is 0 Å². The summed E-state index contributed by atoms with van der Waals surface area (Å²) in [6.07, 6.45) is -3.53. The zero-order valence-electron chi connectivity index (χ0n) is 7.66. The molecule has 0 saturated heterocycles. The minimum atomic E-state index is -2.73. The Labute approximate surface area is 84.3 Å². The lowest BCUT2D eigenvalue weighted by Gasteiger charge is -2.11. The molecule has 0 bridgehead atoms. The Morgan fingerprint density at radius 3 is 2.53 bits per heavy atom. The Balaban J connectivity index is 2.94. The van der Waals surface area contributed by atoms with Gasteiger partial charge in [-0.15, -0.1) is 0 Å². The predicted octanol–water partition coefficient (Wildman–Crippen LogP) is 2.65. The largest absolute Gasteiger partial charge is 0.481 e. The summed E-state index contributed by atoms with van der Waals surface area (Å²) in [7, 11) is 0. The van der Waals surface area contributed by atoms with Crippen molar-refractivity contribution >= 4 is 5.97 Å². The molecule has 1 unspecified atom stereocenters. The van der Waals surface area contributed by atoms with E-state index in [-0.39, 0.29) is 5.56 Å². The lowest BCUT2D eigenvalue weighted by atomic mass is 9.96. The number of hydrogen-bond donors (Lipinski definition) is 1. The summed E-state index contributed by atoms with van der Waals surface area (Å²) in [4.78, 5) is 10.7. The molecule has 1 aromatic rings. The van der Waals surface area contributed by atoms with Crippen LogP contribution in [0.3, 0.4) is 0 Å². The molecule has 82 valence electrons. The van der Waals surface area contributed by atoms with E-state index in [9.17, 15) is 18.0 Å². The maximum Gasteiger partial charge on any atom is 0.311 e. The molecule has 1 rings (SSSR count). The molecular weight excluding hydrogens is 209 g/mol. The third-order valence-electron chi connectivity index (χ3n) is 1.96. The van der Waals surface area contributed by atoms with Crippen molar-refractivity contribution < 1.29 is 23.1 Å². The molecular formula is C10H9F3O2. The Bertz CT molecular complexity index is 352. The van der Waals surface area contributed by atoms with Crippen LogP contribution in [0.15, 0.2) is 24.3 Å². The van der Waals surface area contributed by atoms with Crippen molar-refractivity contribution in [2.45, 2.75) is 18.8 Å². The summed E-state index contributed by atoms with van der Waals surface area (Å²) in [6, 6.07) is 4.71. The van der Waals surface area contributed by atoms with Crippen LogP contribution in [0.25, 0.3) is 0 Å². The number of rotatable bonds is 4. The SMILES string of the molecule is O=C(O)C(CC(F)F)c1cccc(F)c1. The van der Waals surface area contributed by atoms with Gasteiger partial charge >= 0.3 is 5.97 Å². The zero-order chi connectivity index (χ0) is 11.4. The molecule has 1 N–H and O–H groups in total. The summed E-state index contributed by atoms with van der Waals surface area (Å²) in [5.74, 6) is -3.37. The second-order valence-corrected chi connectivity index (χ2v) is 3.07. The average molecular weight is 218 g/mol. The van der Waals surface area contributed by atoms with Gasteiger partial charge in [-0.25, -0.2) is 13.2 Å². The minimum Gasteiger partial charge on any atom is -0.481 e. The van der Waals surface area contributed by atoms with E-state index < -0.39 is 30.6 Å². The first-order valence-electron chi connectivity index (χ1n) is 4.27. The predicted molar refractivity (Wildman–Crippen MR) is 47.4 cm³/mol. The van der Waals surface area contributed by atoms with Gasteiger partial charge in [-0.05, 0) is 17.7 Å². The number of hydrogen-bond acceptors (Lipinski definition) is 1. The van der Waals surface area contributed by atoms with Crippen LogP contribution in [0.2, 0.25) is 0 Å². The molecule has 0 fully saturated rings. The molecule has 0 aliphatic carbocycles. The third kappa shape index (κ3) is 3.27. The molecule has 1 aromatic carbocycles. The van der Waals surface area contributed by atoms with Gasteiger partial charge in [0.2, 0.25) is 6.43 Å². The lowest BCUT2D eigenvalue weighted by molar-refractivity contribution is -0.139. The molecule has 0 amide bonds. The van der Waals surface area contributed by atoms with E-state index in [2.05, 4.69) is 0 Å². The van der Waals surface area contributed by atoms with Crippen molar-refractivity contribution in [1.82, 2.24) is 0 Å². The molecule has 1 atom stereocenters. The van der Waals surface area contributed by atoms with Crippen molar-refractivity contribution in [1.29, 1.82) is 0 Å². The summed E-state index contributed by atoms with van der Waals surface area (Å²) < 4.78 is 36.9. The molecule has 2 nitrogen and oxygen atoms in total. The topological polar surface area (TPSA) is 37.3 Å². The van der Waals surface area contributed by atoms with Gasteiger partial charge in [-0.2, -0.15) is 0 Å². The molecule has 5 heteroatoms. The Hall–Kier alpha value is -1.52. The first kappa shape index (κ1) is 11.6. The molecule has 0 aromatic heterocycles. The van der Waals surface area contributed by atoms with Crippen molar-refractivity contribution in [3.05, 3.63) is 35.6 Å². The maximum absolute atomic E-state index is 12.7. The number of carboxylic acids is 1. The standard InChI is InChI=1S/C10H9F3O2/c11-7-3-1-2-6(4-7)8(10(14)15)5-9(12)13/h1-4,8-9H,5H2,(H,14,15). The number of halogens is 3. The first-order valence-corrected chi connectivity index (χ1v) is 4.27. The van der Waals surface area contributed by atoms with Gasteiger partial charge in [-0.3, -0.25) is 4.79 Å². The van der Waals surface area contributed by atoms with E-state index in [1.165, 1.54) is 12.1 Å². The van der Waals surface area contributed by atoms with Crippen LogP contribution in [0.4, 0.5) is 13.2 Å². The van der Waals surface area contributed by atoms with E-state index in [0.29, 0.717) is 0 Å². The Morgan fingerprint density at radius 1 is 1.40 bits per heavy atom. The number of carboxylic acid groups (broad SMARTS) is 1. The van der Waals surface area contributed by atoms with E-state index >= 15 is 0 Å². The van der Waals surface area contributed by atoms with Crippen molar-refractivity contribution in [3.8, 4) is 0 Å². The molecule has 0 heterocycles. The highest BCUT2D eigenvalue weighted by Crippen LogP contribution is 2.23. The number of alkyl halides is 2. The summed E-state index contributed by atoms with van der Waals surface area (Å²) >= 11 is 0. The summed E-state index contributed by atoms with van der Waals surface area (Å²) in [6.45, 7) is 0. The van der Waals surface area contributed by atoms with Gasteiger partial charge < -0.3 is 5.11 Å². The van der Waals surface area contributed by atoms with Gasteiger partial charge in [0, 0.05) is 6.42 Å². The lowest BCUT2D eigenvalue weighted by Crippen LogP contribution is -2.15. The fraction of sp³-hybridized carbons (Fsp3) is 0.300. The number of benzene rings is 1. The fourth-order valence-electron chi connectivity index (χ4n) is 1.28. The fourth-order valence-corrected chi connectivity index (χ4v) is 1.28. The summed E-state index contributed by atoms with van der Waals surface area (Å²) in [5.41, 5.74) is 0.0581. The normalized spacial score (nSPS) is 12.8. The van der Waals surface area contributed by atoms with E-state index in [1.807, 2.05) is 0 Å². The minimum absolute atomic E-state index is 0.0581. The Morgan fingerprint density at radius 2 is 2.07 bits per heavy atom. The van der Waals surface area contributed by atoms with Crippen LogP contribution in [-0.4, -0.2) is 17.5 Å². The second-order valence-electron chi connectivity index (χ2n) is 3.07.